The van der Waals surface area contributed by atoms with E-state index in [0.717, 1.165) is 50.0 Å². The third-order valence-electron chi connectivity index (χ3n) is 7.70. The van der Waals surface area contributed by atoms with Crippen molar-refractivity contribution in [1.82, 2.24) is 19.6 Å². The average molecular weight is 541 g/mol. The van der Waals surface area contributed by atoms with Crippen molar-refractivity contribution in [1.29, 1.82) is 0 Å². The zero-order chi connectivity index (χ0) is 27.9. The summed E-state index contributed by atoms with van der Waals surface area (Å²) < 4.78 is 16.9. The Morgan fingerprint density at radius 2 is 1.72 bits per heavy atom. The highest BCUT2D eigenvalue weighted by atomic mass is 31.2. The highest BCUT2D eigenvalue weighted by Gasteiger charge is 2.24. The summed E-state index contributed by atoms with van der Waals surface area (Å²) in [6, 6.07) is 21.9. The first kappa shape index (κ1) is 27.1. The number of hydrogen-bond acceptors (Lipinski definition) is 4. The molecule has 39 heavy (non-hydrogen) atoms. The summed E-state index contributed by atoms with van der Waals surface area (Å²) in [6.07, 6.45) is 2.02. The first-order valence-electron chi connectivity index (χ1n) is 13.6. The molecule has 202 valence electrons. The number of fused-ring (bicyclic) bond motifs is 1. The van der Waals surface area contributed by atoms with Crippen LogP contribution in [0.3, 0.4) is 0 Å². The topological polar surface area (TPSA) is 72.9 Å². The highest BCUT2D eigenvalue weighted by Crippen LogP contribution is 2.40. The fraction of sp³-hybridized carbons (Fsp3) is 0.312. The molecule has 0 aliphatic heterocycles. The summed E-state index contributed by atoms with van der Waals surface area (Å²) in [5, 5.41) is 22.7. The Morgan fingerprint density at radius 3 is 2.38 bits per heavy atom. The lowest BCUT2D eigenvalue weighted by Gasteiger charge is -2.15. The Morgan fingerprint density at radius 1 is 0.974 bits per heavy atom. The van der Waals surface area contributed by atoms with Crippen molar-refractivity contribution in [3.8, 4) is 16.9 Å². The maximum atomic E-state index is 13.0. The molecule has 0 fully saturated rings. The van der Waals surface area contributed by atoms with Gasteiger partial charge >= 0.3 is 0 Å². The molecule has 0 radical (unpaired) electrons. The number of hydrogen-bond donors (Lipinski definition) is 1. The molecule has 0 amide bonds. The zero-order valence-electron chi connectivity index (χ0n) is 23.6. The van der Waals surface area contributed by atoms with E-state index in [-0.39, 0.29) is 5.92 Å². The quantitative estimate of drug-likeness (QED) is 0.215. The van der Waals surface area contributed by atoms with Gasteiger partial charge in [0.25, 0.3) is 0 Å². The van der Waals surface area contributed by atoms with Gasteiger partial charge in [-0.3, -0.25) is 4.68 Å². The fourth-order valence-electron chi connectivity index (χ4n) is 5.34. The number of benzene rings is 3. The van der Waals surface area contributed by atoms with Crippen molar-refractivity contribution in [3.63, 3.8) is 0 Å². The van der Waals surface area contributed by atoms with Gasteiger partial charge in [-0.2, -0.15) is 10.2 Å². The van der Waals surface area contributed by atoms with Crippen LogP contribution >= 0.6 is 7.14 Å². The normalized spacial score (nSPS) is 14.2. The summed E-state index contributed by atoms with van der Waals surface area (Å²) in [7, 11) is -2.36. The molecule has 0 saturated carbocycles. The van der Waals surface area contributed by atoms with Crippen LogP contribution in [-0.4, -0.2) is 37.5 Å². The van der Waals surface area contributed by atoms with E-state index in [1.165, 1.54) is 5.56 Å². The third-order valence-corrected chi connectivity index (χ3v) is 10.3. The van der Waals surface area contributed by atoms with Gasteiger partial charge in [0.1, 0.15) is 7.14 Å². The summed E-state index contributed by atoms with van der Waals surface area (Å²) in [6.45, 7) is 12.8. The minimum absolute atomic E-state index is 0.259. The number of rotatable bonds is 8. The van der Waals surface area contributed by atoms with Crippen molar-refractivity contribution in [2.24, 2.45) is 0 Å². The second-order valence-electron chi connectivity index (χ2n) is 10.8. The van der Waals surface area contributed by atoms with E-state index < -0.39 is 13.2 Å². The van der Waals surface area contributed by atoms with Crippen LogP contribution in [0.25, 0.3) is 27.8 Å². The SMILES string of the molecule is CC[P@@](C)(=O)c1ccc(-n2nc(-c3cccc4nn(C[C@H](O)c5ccccc5)cc34)c(C(C)C)c2C)c(C)c1. The molecule has 0 bridgehead atoms. The van der Waals surface area contributed by atoms with Crippen LogP contribution in [0.4, 0.5) is 0 Å². The first-order chi connectivity index (χ1) is 18.6. The third kappa shape index (κ3) is 5.11. The molecule has 0 aliphatic rings. The Hall–Kier alpha value is -3.47. The lowest BCUT2D eigenvalue weighted by Crippen LogP contribution is -2.10. The molecular formula is C32H37N4O2P. The van der Waals surface area contributed by atoms with Gasteiger partial charge in [-0.15, -0.1) is 0 Å². The smallest absolute Gasteiger partial charge is 0.112 e. The van der Waals surface area contributed by atoms with Crippen LogP contribution in [0.2, 0.25) is 0 Å². The van der Waals surface area contributed by atoms with Gasteiger partial charge in [0.05, 0.1) is 29.5 Å². The van der Waals surface area contributed by atoms with E-state index in [1.54, 1.807) is 0 Å². The molecule has 3 aromatic carbocycles. The van der Waals surface area contributed by atoms with E-state index in [9.17, 15) is 9.67 Å². The molecule has 2 atom stereocenters. The highest BCUT2D eigenvalue weighted by molar-refractivity contribution is 7.70. The first-order valence-corrected chi connectivity index (χ1v) is 15.9. The van der Waals surface area contributed by atoms with Crippen molar-refractivity contribution >= 4 is 23.3 Å². The molecule has 1 N–H and O–H groups in total. The molecule has 0 aliphatic carbocycles. The number of aliphatic hydroxyl groups excluding tert-OH is 1. The van der Waals surface area contributed by atoms with E-state index in [2.05, 4.69) is 39.8 Å². The van der Waals surface area contributed by atoms with Gasteiger partial charge in [0, 0.05) is 39.9 Å². The number of nitrogens with zero attached hydrogens (tertiary/aromatic N) is 4. The van der Waals surface area contributed by atoms with Crippen molar-refractivity contribution < 1.29 is 9.67 Å². The summed E-state index contributed by atoms with van der Waals surface area (Å²) in [5.41, 5.74) is 8.03. The molecule has 0 unspecified atom stereocenters. The van der Waals surface area contributed by atoms with Gasteiger partial charge < -0.3 is 9.67 Å². The van der Waals surface area contributed by atoms with Crippen molar-refractivity contribution in [2.45, 2.75) is 53.2 Å². The zero-order valence-corrected chi connectivity index (χ0v) is 24.5. The van der Waals surface area contributed by atoms with E-state index >= 15 is 0 Å². The van der Waals surface area contributed by atoms with Crippen LogP contribution in [0, 0.1) is 13.8 Å². The van der Waals surface area contributed by atoms with Crippen LogP contribution in [0.15, 0.2) is 72.9 Å². The molecule has 5 rings (SSSR count). The number of aliphatic hydroxyl groups is 1. The Balaban J connectivity index is 1.59. The minimum atomic E-state index is -2.36. The lowest BCUT2D eigenvalue weighted by atomic mass is 9.95. The second kappa shape index (κ2) is 10.6. The molecule has 6 nitrogen and oxygen atoms in total. The molecule has 5 aromatic rings. The predicted molar refractivity (Wildman–Crippen MR) is 161 cm³/mol. The molecule has 0 saturated heterocycles. The predicted octanol–water partition coefficient (Wildman–Crippen LogP) is 7.00. The summed E-state index contributed by atoms with van der Waals surface area (Å²) >= 11 is 0. The monoisotopic (exact) mass is 540 g/mol. The Kier molecular flexibility index (Phi) is 7.37. The van der Waals surface area contributed by atoms with E-state index in [0.29, 0.717) is 12.7 Å². The Bertz CT molecular complexity index is 1680. The van der Waals surface area contributed by atoms with Crippen LogP contribution in [0.1, 0.15) is 55.2 Å². The van der Waals surface area contributed by atoms with Gasteiger partial charge in [0.15, 0.2) is 0 Å². The van der Waals surface area contributed by atoms with Crippen LogP contribution in [-0.2, 0) is 11.1 Å². The second-order valence-corrected chi connectivity index (χ2v) is 14.2. The van der Waals surface area contributed by atoms with Gasteiger partial charge in [-0.1, -0.05) is 63.2 Å². The maximum absolute atomic E-state index is 13.0. The van der Waals surface area contributed by atoms with E-state index in [1.807, 2.05) is 83.7 Å². The summed E-state index contributed by atoms with van der Waals surface area (Å²) in [4.78, 5) is 0. The number of aromatic nitrogens is 4. The van der Waals surface area contributed by atoms with Gasteiger partial charge in [0.2, 0.25) is 0 Å². The largest absolute Gasteiger partial charge is 0.386 e. The minimum Gasteiger partial charge on any atom is -0.386 e. The molecule has 0 spiro atoms. The molecular weight excluding hydrogens is 503 g/mol. The fourth-order valence-corrected chi connectivity index (χ4v) is 6.56. The molecule has 7 heteroatoms. The number of aryl methyl sites for hydroxylation is 1. The van der Waals surface area contributed by atoms with Gasteiger partial charge in [-0.25, -0.2) is 4.68 Å². The standard InChI is InChI=1S/C32H37N4O2P/c1-7-39(6,38)25-16-17-29(22(4)18-25)36-23(5)31(21(2)3)32(34-36)26-14-11-15-28-27(26)19-35(33-28)20-30(37)24-12-9-8-10-13-24/h8-19,21,30,37H,7,20H2,1-6H3/t30-,39+/m0/s1. The lowest BCUT2D eigenvalue weighted by molar-refractivity contribution is 0.152. The molecule has 2 aromatic heterocycles. The molecule has 2 heterocycles. The van der Waals surface area contributed by atoms with Crippen molar-refractivity contribution in [2.75, 3.05) is 12.8 Å². The van der Waals surface area contributed by atoms with E-state index in [4.69, 9.17) is 10.2 Å². The van der Waals surface area contributed by atoms with Gasteiger partial charge in [-0.05, 0) is 61.8 Å². The average Bonchev–Trinajstić information content (AvgIpc) is 3.49. The van der Waals surface area contributed by atoms with Crippen molar-refractivity contribution in [3.05, 3.63) is 95.3 Å². The maximum Gasteiger partial charge on any atom is 0.112 e. The van der Waals surface area contributed by atoms with Crippen LogP contribution < -0.4 is 5.30 Å². The Labute approximate surface area is 230 Å². The summed E-state index contributed by atoms with van der Waals surface area (Å²) in [5.74, 6) is 0.259. The van der Waals surface area contributed by atoms with Crippen LogP contribution in [0.5, 0.6) is 0 Å².